The normalized spacial score (nSPS) is 10.4. The number of aromatic carboxylic acids is 1. The molecular weight excluding hydrogens is 602 g/mol. The molecule has 0 unspecified atom stereocenters. The maximum Gasteiger partial charge on any atom is 0.341 e. The van der Waals surface area contributed by atoms with Crippen molar-refractivity contribution in [1.82, 2.24) is 9.78 Å². The molecule has 0 aliphatic heterocycles. The molecule has 0 amide bonds. The molecule has 12 heteroatoms. The molecule has 1 aromatic heterocycles. The van der Waals surface area contributed by atoms with Crippen LogP contribution < -0.4 is 9.47 Å². The second kappa shape index (κ2) is 13.7. The van der Waals surface area contributed by atoms with Gasteiger partial charge in [0.05, 0.1) is 27.9 Å². The molecule has 1 heterocycles. The van der Waals surface area contributed by atoms with Crippen LogP contribution in [0.5, 0.6) is 11.6 Å². The highest BCUT2D eigenvalue weighted by molar-refractivity contribution is 6.38. The largest absolute Gasteiger partial charge is 0.494 e. The maximum absolute atomic E-state index is 13.0. The minimum absolute atomic E-state index is 0.0849. The first-order chi connectivity index (χ1) is 19.0. The van der Waals surface area contributed by atoms with E-state index >= 15 is 0 Å². The third kappa shape index (κ3) is 7.14. The fraction of sp³-hybridized carbons (Fsp3) is 0.143. The van der Waals surface area contributed by atoms with Crippen LogP contribution >= 0.6 is 46.4 Å². The Balaban J connectivity index is 0.000000285. The molecule has 0 bridgehead atoms. The van der Waals surface area contributed by atoms with Crippen LogP contribution in [-0.2, 0) is 7.05 Å². The number of carboxylic acids is 1. The number of benzene rings is 3. The second-order valence-electron chi connectivity index (χ2n) is 8.16. The zero-order chi connectivity index (χ0) is 29.6. The summed E-state index contributed by atoms with van der Waals surface area (Å²) in [4.78, 5) is 36.0. The summed E-state index contributed by atoms with van der Waals surface area (Å²) in [5.74, 6) is -1.40. The van der Waals surface area contributed by atoms with Crippen molar-refractivity contribution in [3.8, 4) is 11.6 Å². The van der Waals surface area contributed by atoms with E-state index in [0.29, 0.717) is 16.3 Å². The molecule has 0 aliphatic carbocycles. The van der Waals surface area contributed by atoms with E-state index in [9.17, 15) is 14.4 Å². The number of Topliss-reactive ketones (excluding diaryl/α,β-unsaturated/α-hetero) is 1. The van der Waals surface area contributed by atoms with Crippen LogP contribution in [0.2, 0.25) is 20.1 Å². The average Bonchev–Trinajstić information content (AvgIpc) is 3.20. The van der Waals surface area contributed by atoms with Crippen LogP contribution in [0.1, 0.15) is 42.3 Å². The SMILES string of the molecule is COc1c(Cl)ccc(Cl)c1C(=O)O.Cc1nn(C)c(OCC(=O)c2ccccc2)c1C(=O)c1ccc(Cl)cc1Cl. The number of aromatic nitrogens is 2. The Morgan fingerprint density at radius 2 is 1.55 bits per heavy atom. The summed E-state index contributed by atoms with van der Waals surface area (Å²) >= 11 is 23.4. The lowest BCUT2D eigenvalue weighted by atomic mass is 10.0. The lowest BCUT2D eigenvalue weighted by Crippen LogP contribution is -2.15. The Labute approximate surface area is 249 Å². The summed E-state index contributed by atoms with van der Waals surface area (Å²) in [6, 6.07) is 16.3. The maximum atomic E-state index is 13.0. The van der Waals surface area contributed by atoms with Gasteiger partial charge >= 0.3 is 5.97 Å². The highest BCUT2D eigenvalue weighted by Crippen LogP contribution is 2.33. The van der Waals surface area contributed by atoms with Crippen molar-refractivity contribution in [2.75, 3.05) is 13.7 Å². The van der Waals surface area contributed by atoms with Crippen LogP contribution in [0.3, 0.4) is 0 Å². The molecule has 4 rings (SSSR count). The number of ketones is 2. The molecule has 8 nitrogen and oxygen atoms in total. The Kier molecular flexibility index (Phi) is 10.6. The number of carbonyl (C=O) groups is 3. The third-order valence-electron chi connectivity index (χ3n) is 5.48. The summed E-state index contributed by atoms with van der Waals surface area (Å²) in [7, 11) is 2.99. The predicted molar refractivity (Wildman–Crippen MR) is 154 cm³/mol. The molecule has 0 saturated heterocycles. The number of nitrogens with zero attached hydrogens (tertiary/aromatic N) is 2. The van der Waals surface area contributed by atoms with Crippen LogP contribution in [-0.4, -0.2) is 46.1 Å². The number of halogens is 4. The van der Waals surface area contributed by atoms with Crippen molar-refractivity contribution >= 4 is 63.9 Å². The lowest BCUT2D eigenvalue weighted by Gasteiger charge is -2.09. The van der Waals surface area contributed by atoms with Gasteiger partial charge < -0.3 is 14.6 Å². The van der Waals surface area contributed by atoms with Gasteiger partial charge in [-0.1, -0.05) is 76.7 Å². The first-order valence-electron chi connectivity index (χ1n) is 11.5. The summed E-state index contributed by atoms with van der Waals surface area (Å²) < 4.78 is 11.9. The van der Waals surface area contributed by atoms with E-state index in [2.05, 4.69) is 5.10 Å². The number of aryl methyl sites for hydroxylation is 2. The van der Waals surface area contributed by atoms with Gasteiger partial charge in [0.2, 0.25) is 11.7 Å². The summed E-state index contributed by atoms with van der Waals surface area (Å²) in [6.07, 6.45) is 0. The standard InChI is InChI=1S/C20H16Cl2N2O3.C8H6Cl2O3/c1-12-18(19(26)15-9-8-14(21)10-16(15)22)20(24(2)23-12)27-11-17(25)13-6-4-3-5-7-13;1-13-7-5(10)3-2-4(9)6(7)8(11)12/h3-10H,11H2,1-2H3;2-3H,1H3,(H,11,12). The van der Waals surface area contributed by atoms with Crippen LogP contribution in [0, 0.1) is 6.92 Å². The molecule has 0 radical (unpaired) electrons. The number of hydrogen-bond donors (Lipinski definition) is 1. The summed E-state index contributed by atoms with van der Waals surface area (Å²) in [6.45, 7) is 1.49. The second-order valence-corrected chi connectivity index (χ2v) is 9.82. The molecule has 0 saturated carbocycles. The van der Waals surface area contributed by atoms with E-state index in [1.54, 1.807) is 50.4 Å². The van der Waals surface area contributed by atoms with Gasteiger partial charge in [-0.15, -0.1) is 0 Å². The van der Waals surface area contributed by atoms with Crippen LogP contribution in [0.25, 0.3) is 0 Å². The number of rotatable bonds is 8. The van der Waals surface area contributed by atoms with Gasteiger partial charge in [0, 0.05) is 23.2 Å². The monoisotopic (exact) mass is 622 g/mol. The third-order valence-corrected chi connectivity index (χ3v) is 6.65. The molecule has 0 aliphatic rings. The minimum Gasteiger partial charge on any atom is -0.494 e. The number of carboxylic acid groups (broad SMARTS) is 1. The molecule has 0 atom stereocenters. The molecular formula is C28H22Cl4N2O6. The molecule has 208 valence electrons. The van der Waals surface area contributed by atoms with E-state index in [4.69, 9.17) is 61.0 Å². The molecule has 0 spiro atoms. The van der Waals surface area contributed by atoms with Gasteiger partial charge in [0.1, 0.15) is 11.1 Å². The number of ether oxygens (including phenoxy) is 2. The Morgan fingerprint density at radius 3 is 2.12 bits per heavy atom. The van der Waals surface area contributed by atoms with E-state index in [1.165, 1.54) is 30.0 Å². The number of methoxy groups -OCH3 is 1. The number of carbonyl (C=O) groups excluding carboxylic acids is 2. The highest BCUT2D eigenvalue weighted by Gasteiger charge is 2.25. The summed E-state index contributed by atoms with van der Waals surface area (Å²) in [5.41, 5.74) is 1.45. The van der Waals surface area contributed by atoms with Crippen molar-refractivity contribution in [3.05, 3.63) is 109 Å². The smallest absolute Gasteiger partial charge is 0.341 e. The van der Waals surface area contributed by atoms with Gasteiger partial charge in [-0.05, 0) is 37.3 Å². The van der Waals surface area contributed by atoms with Crippen LogP contribution in [0.15, 0.2) is 60.7 Å². The van der Waals surface area contributed by atoms with Crippen LogP contribution in [0.4, 0.5) is 0 Å². The predicted octanol–water partition coefficient (Wildman–Crippen LogP) is 7.23. The van der Waals surface area contributed by atoms with Gasteiger partial charge in [-0.2, -0.15) is 5.10 Å². The zero-order valence-electron chi connectivity index (χ0n) is 21.4. The van der Waals surface area contributed by atoms with E-state index in [-0.39, 0.29) is 61.6 Å². The Bertz CT molecular complexity index is 1570. The van der Waals surface area contributed by atoms with Gasteiger partial charge in [-0.25, -0.2) is 9.48 Å². The Morgan fingerprint density at radius 1 is 0.900 bits per heavy atom. The lowest BCUT2D eigenvalue weighted by molar-refractivity contribution is 0.0693. The average molecular weight is 624 g/mol. The van der Waals surface area contributed by atoms with Crippen molar-refractivity contribution in [1.29, 1.82) is 0 Å². The van der Waals surface area contributed by atoms with E-state index in [0.717, 1.165) is 0 Å². The molecule has 0 fully saturated rings. The van der Waals surface area contributed by atoms with Crippen molar-refractivity contribution in [2.24, 2.45) is 7.05 Å². The fourth-order valence-electron chi connectivity index (χ4n) is 3.65. The van der Waals surface area contributed by atoms with Crippen molar-refractivity contribution < 1.29 is 29.0 Å². The van der Waals surface area contributed by atoms with E-state index in [1.807, 2.05) is 6.07 Å². The number of hydrogen-bond acceptors (Lipinski definition) is 6. The zero-order valence-corrected chi connectivity index (χ0v) is 24.4. The topological polar surface area (TPSA) is 108 Å². The van der Waals surface area contributed by atoms with Gasteiger partial charge in [-0.3, -0.25) is 9.59 Å². The first-order valence-corrected chi connectivity index (χ1v) is 13.0. The van der Waals surface area contributed by atoms with Crippen molar-refractivity contribution in [2.45, 2.75) is 6.92 Å². The molecule has 4 aromatic rings. The minimum atomic E-state index is -1.16. The molecule has 3 aromatic carbocycles. The fourth-order valence-corrected chi connectivity index (χ4v) is 4.60. The first kappa shape index (κ1) is 31.0. The van der Waals surface area contributed by atoms with Gasteiger partial charge in [0.25, 0.3) is 0 Å². The van der Waals surface area contributed by atoms with Gasteiger partial charge in [0.15, 0.2) is 18.1 Å². The highest BCUT2D eigenvalue weighted by atomic mass is 35.5. The van der Waals surface area contributed by atoms with E-state index < -0.39 is 5.97 Å². The quantitative estimate of drug-likeness (QED) is 0.206. The molecule has 40 heavy (non-hydrogen) atoms. The Hall–Kier alpha value is -3.56. The van der Waals surface area contributed by atoms with Crippen molar-refractivity contribution in [3.63, 3.8) is 0 Å². The molecule has 1 N–H and O–H groups in total. The summed E-state index contributed by atoms with van der Waals surface area (Å²) in [5, 5.41) is 14.0.